The molecule has 0 saturated carbocycles. The Balaban J connectivity index is 1.68. The van der Waals surface area contributed by atoms with Gasteiger partial charge in [0.2, 0.25) is 0 Å². The Morgan fingerprint density at radius 3 is 2.35 bits per heavy atom. The van der Waals surface area contributed by atoms with Crippen LogP contribution in [0.15, 0.2) is 24.3 Å². The van der Waals surface area contributed by atoms with Gasteiger partial charge in [0, 0.05) is 26.2 Å². The Morgan fingerprint density at radius 2 is 1.73 bits per heavy atom. The molecule has 1 N–H and O–H groups in total. The summed E-state index contributed by atoms with van der Waals surface area (Å²) in [7, 11) is 0. The number of nitrogens with one attached hydrogen (secondary N) is 1. The van der Waals surface area contributed by atoms with Crippen LogP contribution in [0.2, 0.25) is 0 Å². The molecule has 2 aliphatic rings. The average molecular weight is 372 g/mol. The molecule has 2 aliphatic heterocycles. The Morgan fingerprint density at radius 1 is 1.08 bits per heavy atom. The highest BCUT2D eigenvalue weighted by atomic mass is 19.4. The smallest absolute Gasteiger partial charge is 0.378 e. The third kappa shape index (κ3) is 4.22. The molecule has 1 atom stereocenters. The molecule has 2 fully saturated rings. The van der Waals surface area contributed by atoms with Crippen molar-refractivity contribution in [3.8, 4) is 0 Å². The van der Waals surface area contributed by atoms with Crippen molar-refractivity contribution in [2.45, 2.75) is 37.5 Å². The van der Waals surface area contributed by atoms with Gasteiger partial charge in [-0.1, -0.05) is 24.3 Å². The molecule has 1 aromatic rings. The highest BCUT2D eigenvalue weighted by Gasteiger charge is 2.48. The molecule has 1 unspecified atom stereocenters. The Kier molecular flexibility index (Phi) is 5.63. The SMILES string of the molecule is CC(C)(c1ccc(CN2CCOCC3(COCCN3)C2)cc1)C(F)(F)F. The Hall–Kier alpha value is -1.15. The second kappa shape index (κ2) is 7.46. The van der Waals surface area contributed by atoms with E-state index in [-0.39, 0.29) is 11.1 Å². The second-order valence-electron chi connectivity index (χ2n) is 7.84. The third-order valence-corrected chi connectivity index (χ3v) is 5.37. The zero-order valence-electron chi connectivity index (χ0n) is 15.4. The molecule has 146 valence electrons. The minimum absolute atomic E-state index is 0.201. The molecule has 3 rings (SSSR count). The molecule has 0 amide bonds. The van der Waals surface area contributed by atoms with Gasteiger partial charge in [0.25, 0.3) is 0 Å². The lowest BCUT2D eigenvalue weighted by atomic mass is 9.83. The van der Waals surface area contributed by atoms with Gasteiger partial charge in [0.1, 0.15) is 0 Å². The van der Waals surface area contributed by atoms with E-state index in [1.165, 1.54) is 13.8 Å². The highest BCUT2D eigenvalue weighted by Crippen LogP contribution is 2.40. The number of ether oxygens (including phenoxy) is 2. The number of halogens is 3. The van der Waals surface area contributed by atoms with Crippen molar-refractivity contribution < 1.29 is 22.6 Å². The molecule has 7 heteroatoms. The largest absolute Gasteiger partial charge is 0.397 e. The minimum Gasteiger partial charge on any atom is -0.378 e. The van der Waals surface area contributed by atoms with Gasteiger partial charge in [-0.3, -0.25) is 4.90 Å². The number of rotatable bonds is 3. The molecule has 0 aliphatic carbocycles. The van der Waals surface area contributed by atoms with Crippen LogP contribution in [0.4, 0.5) is 13.2 Å². The summed E-state index contributed by atoms with van der Waals surface area (Å²) in [4.78, 5) is 2.28. The fourth-order valence-electron chi connectivity index (χ4n) is 3.50. The molecule has 1 spiro atoms. The predicted molar refractivity (Wildman–Crippen MR) is 93.2 cm³/mol. The monoisotopic (exact) mass is 372 g/mol. The van der Waals surface area contributed by atoms with Crippen LogP contribution >= 0.6 is 0 Å². The van der Waals surface area contributed by atoms with Gasteiger partial charge >= 0.3 is 6.18 Å². The molecule has 1 aromatic carbocycles. The van der Waals surface area contributed by atoms with Gasteiger partial charge in [0.15, 0.2) is 0 Å². The van der Waals surface area contributed by atoms with Gasteiger partial charge < -0.3 is 14.8 Å². The van der Waals surface area contributed by atoms with Crippen molar-refractivity contribution in [1.82, 2.24) is 10.2 Å². The quantitative estimate of drug-likeness (QED) is 0.885. The first-order valence-electron chi connectivity index (χ1n) is 9.01. The summed E-state index contributed by atoms with van der Waals surface area (Å²) < 4.78 is 51.0. The van der Waals surface area contributed by atoms with Crippen LogP contribution in [0.5, 0.6) is 0 Å². The number of hydrogen-bond acceptors (Lipinski definition) is 4. The summed E-state index contributed by atoms with van der Waals surface area (Å²) >= 11 is 0. The Bertz CT molecular complexity index is 596. The van der Waals surface area contributed by atoms with Crippen LogP contribution in [0, 0.1) is 0 Å². The summed E-state index contributed by atoms with van der Waals surface area (Å²) in [5.74, 6) is 0. The van der Waals surface area contributed by atoms with Crippen LogP contribution in [0.3, 0.4) is 0 Å². The number of alkyl halides is 3. The molecule has 0 bridgehead atoms. The molecular formula is C19H27F3N2O2. The van der Waals surface area contributed by atoms with E-state index >= 15 is 0 Å². The topological polar surface area (TPSA) is 33.7 Å². The number of nitrogens with zero attached hydrogens (tertiary/aromatic N) is 1. The average Bonchev–Trinajstić information content (AvgIpc) is 2.77. The lowest BCUT2D eigenvalue weighted by Gasteiger charge is -2.39. The molecule has 26 heavy (non-hydrogen) atoms. The molecule has 2 heterocycles. The fourth-order valence-corrected chi connectivity index (χ4v) is 3.50. The number of benzene rings is 1. The van der Waals surface area contributed by atoms with Crippen molar-refractivity contribution in [1.29, 1.82) is 0 Å². The minimum atomic E-state index is -4.27. The standard InChI is InChI=1S/C19H27F3N2O2/c1-17(2,19(20,21)22)16-5-3-15(4-6-16)11-24-8-10-26-14-18(12-24)13-25-9-7-23-18/h3-6,23H,7-14H2,1-2H3. The van der Waals surface area contributed by atoms with E-state index < -0.39 is 11.6 Å². The lowest BCUT2D eigenvalue weighted by molar-refractivity contribution is -0.180. The van der Waals surface area contributed by atoms with Crippen molar-refractivity contribution >= 4 is 0 Å². The van der Waals surface area contributed by atoms with E-state index in [1.807, 2.05) is 0 Å². The molecule has 0 radical (unpaired) electrons. The lowest BCUT2D eigenvalue weighted by Crippen LogP contribution is -2.61. The zero-order valence-corrected chi connectivity index (χ0v) is 15.4. The van der Waals surface area contributed by atoms with Gasteiger partial charge in [-0.05, 0) is 25.0 Å². The molecule has 4 nitrogen and oxygen atoms in total. The summed E-state index contributed by atoms with van der Waals surface area (Å²) in [5, 5.41) is 3.52. The van der Waals surface area contributed by atoms with Crippen LogP contribution in [0.1, 0.15) is 25.0 Å². The first kappa shape index (κ1) is 19.6. The summed E-state index contributed by atoms with van der Waals surface area (Å²) in [6.07, 6.45) is -4.27. The van der Waals surface area contributed by atoms with E-state index in [2.05, 4.69) is 10.2 Å². The first-order valence-corrected chi connectivity index (χ1v) is 9.01. The Labute approximate surface area is 152 Å². The number of hydrogen-bond donors (Lipinski definition) is 1. The fraction of sp³-hybridized carbons (Fsp3) is 0.684. The van der Waals surface area contributed by atoms with E-state index in [0.29, 0.717) is 33.0 Å². The van der Waals surface area contributed by atoms with Crippen LogP contribution in [-0.4, -0.2) is 62.7 Å². The maximum absolute atomic E-state index is 13.2. The second-order valence-corrected chi connectivity index (χ2v) is 7.84. The highest BCUT2D eigenvalue weighted by molar-refractivity contribution is 5.29. The first-order chi connectivity index (χ1) is 12.2. The maximum atomic E-state index is 13.2. The normalized spacial score (nSPS) is 26.0. The van der Waals surface area contributed by atoms with E-state index in [4.69, 9.17) is 9.47 Å². The van der Waals surface area contributed by atoms with E-state index in [9.17, 15) is 13.2 Å². The summed E-state index contributed by atoms with van der Waals surface area (Å²) in [6, 6.07) is 6.78. The summed E-state index contributed by atoms with van der Waals surface area (Å²) in [5.41, 5.74) is -0.769. The molecule has 0 aromatic heterocycles. The van der Waals surface area contributed by atoms with Gasteiger partial charge in [-0.25, -0.2) is 0 Å². The van der Waals surface area contributed by atoms with Gasteiger partial charge in [0.05, 0.1) is 37.4 Å². The van der Waals surface area contributed by atoms with Gasteiger partial charge in [-0.15, -0.1) is 0 Å². The van der Waals surface area contributed by atoms with Crippen molar-refractivity contribution in [2.24, 2.45) is 0 Å². The van der Waals surface area contributed by atoms with Crippen molar-refractivity contribution in [3.05, 3.63) is 35.4 Å². The summed E-state index contributed by atoms with van der Waals surface area (Å²) in [6.45, 7) is 8.07. The maximum Gasteiger partial charge on any atom is 0.397 e. The number of morpholine rings is 1. The third-order valence-electron chi connectivity index (χ3n) is 5.37. The van der Waals surface area contributed by atoms with Crippen molar-refractivity contribution in [2.75, 3.05) is 46.1 Å². The van der Waals surface area contributed by atoms with Crippen molar-refractivity contribution in [3.63, 3.8) is 0 Å². The molecule has 2 saturated heterocycles. The molecular weight excluding hydrogens is 345 g/mol. The van der Waals surface area contributed by atoms with Crippen LogP contribution in [0.25, 0.3) is 0 Å². The van der Waals surface area contributed by atoms with Crippen LogP contribution in [-0.2, 0) is 21.4 Å². The zero-order chi connectivity index (χ0) is 18.8. The van der Waals surface area contributed by atoms with Crippen LogP contribution < -0.4 is 5.32 Å². The van der Waals surface area contributed by atoms with E-state index in [0.717, 1.165) is 25.2 Å². The predicted octanol–water partition coefficient (Wildman–Crippen LogP) is 2.72. The van der Waals surface area contributed by atoms with Gasteiger partial charge in [-0.2, -0.15) is 13.2 Å². The van der Waals surface area contributed by atoms with E-state index in [1.54, 1.807) is 24.3 Å².